The van der Waals surface area contributed by atoms with E-state index < -0.39 is 5.54 Å². The number of carbonyl (C=O) groups excluding carboxylic acids is 1. The van der Waals surface area contributed by atoms with Gasteiger partial charge in [-0.2, -0.15) is 0 Å². The molecule has 1 fully saturated rings. The molecule has 1 unspecified atom stereocenters. The van der Waals surface area contributed by atoms with Gasteiger partial charge in [0.2, 0.25) is 0 Å². The highest BCUT2D eigenvalue weighted by molar-refractivity contribution is 5.80. The molecule has 1 saturated carbocycles. The van der Waals surface area contributed by atoms with Crippen molar-refractivity contribution in [2.75, 3.05) is 7.11 Å². The third-order valence-corrected chi connectivity index (χ3v) is 3.67. The van der Waals surface area contributed by atoms with Crippen LogP contribution >= 0.6 is 0 Å². The summed E-state index contributed by atoms with van der Waals surface area (Å²) < 4.78 is 4.99. The molecule has 0 bridgehead atoms. The second-order valence-corrected chi connectivity index (χ2v) is 4.94. The lowest BCUT2D eigenvalue weighted by Gasteiger charge is -2.33. The van der Waals surface area contributed by atoms with Crippen molar-refractivity contribution in [2.24, 2.45) is 0 Å². The maximum absolute atomic E-state index is 12.0. The van der Waals surface area contributed by atoms with Crippen molar-refractivity contribution >= 4 is 5.97 Å². The first-order chi connectivity index (χ1) is 7.64. The number of rotatable bonds is 4. The lowest BCUT2D eigenvalue weighted by molar-refractivity contribution is -0.149. The van der Waals surface area contributed by atoms with Crippen LogP contribution in [-0.2, 0) is 9.53 Å². The van der Waals surface area contributed by atoms with Crippen LogP contribution in [0.3, 0.4) is 0 Å². The minimum Gasteiger partial charge on any atom is -0.468 e. The molecule has 0 aromatic heterocycles. The zero-order chi connectivity index (χ0) is 12.0. The van der Waals surface area contributed by atoms with Crippen LogP contribution in [0.4, 0.5) is 0 Å². The van der Waals surface area contributed by atoms with Crippen LogP contribution in [0.25, 0.3) is 0 Å². The van der Waals surface area contributed by atoms with Crippen LogP contribution in [-0.4, -0.2) is 24.7 Å². The van der Waals surface area contributed by atoms with Crippen molar-refractivity contribution in [1.82, 2.24) is 5.32 Å². The van der Waals surface area contributed by atoms with Gasteiger partial charge in [0, 0.05) is 6.04 Å². The van der Waals surface area contributed by atoms with Gasteiger partial charge in [0.15, 0.2) is 0 Å². The van der Waals surface area contributed by atoms with Gasteiger partial charge in [-0.05, 0) is 26.2 Å². The predicted molar refractivity (Wildman–Crippen MR) is 65.3 cm³/mol. The summed E-state index contributed by atoms with van der Waals surface area (Å²) in [5.41, 5.74) is -0.416. The van der Waals surface area contributed by atoms with Crippen molar-refractivity contribution in [2.45, 2.75) is 70.4 Å². The number of hydrogen-bond donors (Lipinski definition) is 1. The van der Waals surface area contributed by atoms with E-state index in [2.05, 4.69) is 19.2 Å². The Balaban J connectivity index is 2.77. The van der Waals surface area contributed by atoms with Gasteiger partial charge in [-0.1, -0.05) is 32.6 Å². The lowest BCUT2D eigenvalue weighted by atomic mass is 9.89. The standard InChI is InChI=1S/C13H25NO2/c1-4-11(2)14-13(12(15)16-3)9-7-5-6-8-10-13/h11,14H,4-10H2,1-3H3. The quantitative estimate of drug-likeness (QED) is 0.592. The maximum Gasteiger partial charge on any atom is 0.326 e. The van der Waals surface area contributed by atoms with Crippen molar-refractivity contribution in [3.63, 3.8) is 0 Å². The van der Waals surface area contributed by atoms with E-state index in [0.717, 1.165) is 32.1 Å². The SMILES string of the molecule is CCC(C)NC1(C(=O)OC)CCCCCC1. The summed E-state index contributed by atoms with van der Waals surface area (Å²) in [5, 5.41) is 3.50. The topological polar surface area (TPSA) is 38.3 Å². The fraction of sp³-hybridized carbons (Fsp3) is 0.923. The molecule has 1 aliphatic carbocycles. The average Bonchev–Trinajstić information content (AvgIpc) is 2.54. The molecule has 1 N–H and O–H groups in total. The number of nitrogens with one attached hydrogen (secondary N) is 1. The van der Waals surface area contributed by atoms with E-state index in [1.54, 1.807) is 0 Å². The molecular weight excluding hydrogens is 202 g/mol. The Labute approximate surface area is 98.9 Å². The fourth-order valence-corrected chi connectivity index (χ4v) is 2.51. The smallest absolute Gasteiger partial charge is 0.326 e. The van der Waals surface area contributed by atoms with Crippen LogP contribution in [0, 0.1) is 0 Å². The fourth-order valence-electron chi connectivity index (χ4n) is 2.51. The normalized spacial score (nSPS) is 22.2. The second kappa shape index (κ2) is 6.24. The highest BCUT2D eigenvalue weighted by Crippen LogP contribution is 2.29. The van der Waals surface area contributed by atoms with Crippen molar-refractivity contribution in [1.29, 1.82) is 0 Å². The molecule has 0 aliphatic heterocycles. The van der Waals surface area contributed by atoms with Crippen LogP contribution in [0.1, 0.15) is 58.8 Å². The molecule has 0 saturated heterocycles. The van der Waals surface area contributed by atoms with E-state index in [4.69, 9.17) is 4.74 Å². The van der Waals surface area contributed by atoms with Crippen LogP contribution in [0.5, 0.6) is 0 Å². The molecular formula is C13H25NO2. The Morgan fingerprint density at radius 3 is 2.31 bits per heavy atom. The molecule has 16 heavy (non-hydrogen) atoms. The molecule has 94 valence electrons. The first kappa shape index (κ1) is 13.5. The van der Waals surface area contributed by atoms with Gasteiger partial charge < -0.3 is 4.74 Å². The molecule has 0 aromatic carbocycles. The number of carbonyl (C=O) groups is 1. The van der Waals surface area contributed by atoms with E-state index >= 15 is 0 Å². The van der Waals surface area contributed by atoms with Gasteiger partial charge >= 0.3 is 5.97 Å². The Bertz CT molecular complexity index is 220. The number of esters is 1. The molecule has 0 heterocycles. The molecule has 0 spiro atoms. The highest BCUT2D eigenvalue weighted by atomic mass is 16.5. The Morgan fingerprint density at radius 2 is 1.88 bits per heavy atom. The molecule has 0 amide bonds. The monoisotopic (exact) mass is 227 g/mol. The van der Waals surface area contributed by atoms with Gasteiger partial charge in [-0.25, -0.2) is 0 Å². The zero-order valence-corrected chi connectivity index (χ0v) is 10.8. The van der Waals surface area contributed by atoms with Crippen LogP contribution in [0.15, 0.2) is 0 Å². The lowest BCUT2D eigenvalue weighted by Crippen LogP contribution is -2.55. The van der Waals surface area contributed by atoms with Crippen molar-refractivity contribution in [3.05, 3.63) is 0 Å². The summed E-state index contributed by atoms with van der Waals surface area (Å²) in [5.74, 6) is -0.0744. The molecule has 1 rings (SSSR count). The summed E-state index contributed by atoms with van der Waals surface area (Å²) in [6, 6.07) is 0.372. The number of ether oxygens (including phenoxy) is 1. The highest BCUT2D eigenvalue weighted by Gasteiger charge is 2.40. The summed E-state index contributed by atoms with van der Waals surface area (Å²) in [4.78, 5) is 12.0. The van der Waals surface area contributed by atoms with E-state index in [0.29, 0.717) is 6.04 Å². The van der Waals surface area contributed by atoms with Gasteiger partial charge in [-0.3, -0.25) is 10.1 Å². The minimum absolute atomic E-state index is 0.0744. The third kappa shape index (κ3) is 3.21. The van der Waals surface area contributed by atoms with Crippen molar-refractivity contribution in [3.8, 4) is 0 Å². The Hall–Kier alpha value is -0.570. The summed E-state index contributed by atoms with van der Waals surface area (Å²) in [6.45, 7) is 4.27. The molecule has 1 aliphatic rings. The molecule has 1 atom stereocenters. The van der Waals surface area contributed by atoms with E-state index in [1.165, 1.54) is 20.0 Å². The molecule has 3 nitrogen and oxygen atoms in total. The zero-order valence-electron chi connectivity index (χ0n) is 10.8. The summed E-state index contributed by atoms with van der Waals surface area (Å²) in [7, 11) is 1.49. The number of hydrogen-bond acceptors (Lipinski definition) is 3. The first-order valence-electron chi connectivity index (χ1n) is 6.50. The molecule has 0 radical (unpaired) electrons. The Morgan fingerprint density at radius 1 is 1.31 bits per heavy atom. The Kier molecular flexibility index (Phi) is 5.26. The summed E-state index contributed by atoms with van der Waals surface area (Å²) in [6.07, 6.45) is 7.60. The second-order valence-electron chi connectivity index (χ2n) is 4.94. The van der Waals surface area contributed by atoms with E-state index in [-0.39, 0.29) is 5.97 Å². The average molecular weight is 227 g/mol. The molecule has 0 aromatic rings. The van der Waals surface area contributed by atoms with E-state index in [9.17, 15) is 4.79 Å². The van der Waals surface area contributed by atoms with Crippen molar-refractivity contribution < 1.29 is 9.53 Å². The van der Waals surface area contributed by atoms with Gasteiger partial charge in [0.25, 0.3) is 0 Å². The summed E-state index contributed by atoms with van der Waals surface area (Å²) >= 11 is 0. The largest absolute Gasteiger partial charge is 0.468 e. The maximum atomic E-state index is 12.0. The molecule has 3 heteroatoms. The van der Waals surface area contributed by atoms with Crippen LogP contribution in [0.2, 0.25) is 0 Å². The van der Waals surface area contributed by atoms with Crippen LogP contribution < -0.4 is 5.32 Å². The minimum atomic E-state index is -0.416. The van der Waals surface area contributed by atoms with Gasteiger partial charge in [-0.15, -0.1) is 0 Å². The number of methoxy groups -OCH3 is 1. The van der Waals surface area contributed by atoms with Gasteiger partial charge in [0.05, 0.1) is 7.11 Å². The van der Waals surface area contributed by atoms with E-state index in [1.807, 2.05) is 0 Å². The third-order valence-electron chi connectivity index (χ3n) is 3.67. The first-order valence-corrected chi connectivity index (χ1v) is 6.50. The van der Waals surface area contributed by atoms with Gasteiger partial charge in [0.1, 0.15) is 5.54 Å². The predicted octanol–water partition coefficient (Wildman–Crippen LogP) is 2.64.